The van der Waals surface area contributed by atoms with Crippen LogP contribution in [0.1, 0.15) is 0 Å². The number of nitrogens with zero attached hydrogens (tertiary/aromatic N) is 1. The van der Waals surface area contributed by atoms with Crippen molar-refractivity contribution in [1.82, 2.24) is 0 Å². The Balaban J connectivity index is 1.03. The normalized spacial score (nSPS) is 11.4. The molecule has 58 heavy (non-hydrogen) atoms. The molecule has 0 amide bonds. The Morgan fingerprint density at radius 2 is 0.776 bits per heavy atom. The molecule has 0 bridgehead atoms. The van der Waals surface area contributed by atoms with Crippen molar-refractivity contribution >= 4 is 70.1 Å². The Morgan fingerprint density at radius 1 is 0.276 bits per heavy atom. The highest BCUT2D eigenvalue weighted by atomic mass is 32.1. The van der Waals surface area contributed by atoms with Gasteiger partial charge in [-0.1, -0.05) is 164 Å². The lowest BCUT2D eigenvalue weighted by Gasteiger charge is -2.29. The molecule has 272 valence electrons. The first-order valence-electron chi connectivity index (χ1n) is 19.8. The van der Waals surface area contributed by atoms with Crippen molar-refractivity contribution in [3.8, 4) is 44.5 Å². The van der Waals surface area contributed by atoms with E-state index in [-0.39, 0.29) is 0 Å². The minimum absolute atomic E-state index is 1.10. The number of hydrogen-bond donors (Lipinski definition) is 0. The molecule has 0 unspecified atom stereocenters. The maximum Gasteiger partial charge on any atom is 0.0540 e. The van der Waals surface area contributed by atoms with E-state index >= 15 is 0 Å². The van der Waals surface area contributed by atoms with E-state index < -0.39 is 0 Å². The summed E-state index contributed by atoms with van der Waals surface area (Å²) in [5, 5.41) is 7.72. The third kappa shape index (κ3) is 6.12. The topological polar surface area (TPSA) is 3.24 Å². The van der Waals surface area contributed by atoms with Crippen molar-refractivity contribution in [2.75, 3.05) is 4.90 Å². The molecule has 0 atom stereocenters. The van der Waals surface area contributed by atoms with Crippen LogP contribution in [-0.2, 0) is 0 Å². The molecule has 10 aromatic carbocycles. The lowest BCUT2D eigenvalue weighted by molar-refractivity contribution is 1.28. The Hall–Kier alpha value is -7.26. The zero-order valence-corrected chi connectivity index (χ0v) is 32.5. The molecule has 0 spiro atoms. The quantitative estimate of drug-likeness (QED) is 0.146. The molecule has 2 heteroatoms. The van der Waals surface area contributed by atoms with Gasteiger partial charge in [0.25, 0.3) is 0 Å². The van der Waals surface area contributed by atoms with Crippen LogP contribution in [0.5, 0.6) is 0 Å². The summed E-state index contributed by atoms with van der Waals surface area (Å²) in [6, 6.07) is 82.0. The number of benzene rings is 10. The van der Waals surface area contributed by atoms with E-state index in [1.54, 1.807) is 0 Å². The van der Waals surface area contributed by atoms with E-state index in [4.69, 9.17) is 0 Å². The van der Waals surface area contributed by atoms with Gasteiger partial charge in [-0.3, -0.25) is 0 Å². The molecule has 11 rings (SSSR count). The lowest BCUT2D eigenvalue weighted by atomic mass is 9.95. The van der Waals surface area contributed by atoms with Crippen molar-refractivity contribution in [3.63, 3.8) is 0 Å². The highest BCUT2D eigenvalue weighted by Crippen LogP contribution is 2.44. The third-order valence-corrected chi connectivity index (χ3v) is 12.6. The molecule has 0 aliphatic rings. The fourth-order valence-electron chi connectivity index (χ4n) is 8.52. The van der Waals surface area contributed by atoms with Crippen molar-refractivity contribution in [2.45, 2.75) is 0 Å². The molecule has 0 radical (unpaired) electrons. The van der Waals surface area contributed by atoms with Crippen LogP contribution in [0.15, 0.2) is 224 Å². The first-order chi connectivity index (χ1) is 28.7. The van der Waals surface area contributed by atoms with Crippen LogP contribution in [0.4, 0.5) is 17.1 Å². The van der Waals surface area contributed by atoms with Gasteiger partial charge in [0.15, 0.2) is 0 Å². The van der Waals surface area contributed by atoms with E-state index in [9.17, 15) is 0 Å². The molecule has 0 fully saturated rings. The summed E-state index contributed by atoms with van der Waals surface area (Å²) in [6.45, 7) is 0. The van der Waals surface area contributed by atoms with E-state index in [1.165, 1.54) is 86.2 Å². The number of thiophene rings is 1. The monoisotopic (exact) mass is 755 g/mol. The largest absolute Gasteiger partial charge is 0.310 e. The highest BCUT2D eigenvalue weighted by Gasteiger charge is 2.19. The predicted octanol–water partition coefficient (Wildman–Crippen LogP) is 16.5. The smallest absolute Gasteiger partial charge is 0.0540 e. The first kappa shape index (κ1) is 34.0. The summed E-state index contributed by atoms with van der Waals surface area (Å²) in [5.41, 5.74) is 12.9. The average Bonchev–Trinajstić information content (AvgIpc) is 3.68. The fourth-order valence-corrected chi connectivity index (χ4v) is 9.61. The Labute approximate surface area is 342 Å². The van der Waals surface area contributed by atoms with E-state index in [1.807, 2.05) is 11.3 Å². The molecule has 1 nitrogen and oxygen atoms in total. The summed E-state index contributed by atoms with van der Waals surface area (Å²) in [4.78, 5) is 2.41. The van der Waals surface area contributed by atoms with Gasteiger partial charge < -0.3 is 4.90 Å². The van der Waals surface area contributed by atoms with Crippen LogP contribution in [0.3, 0.4) is 0 Å². The SMILES string of the molecule is c1ccc(-c2ccc(N(c3ccc(-c4ccc5c(ccc6ccccc65)c4)cc3)c3ccc(-c4ccc5sc6ccccc6c5c4)cc3)c(-c3ccccc3)c2)cc1. The van der Waals surface area contributed by atoms with E-state index in [0.29, 0.717) is 0 Å². The molecular weight excluding hydrogens is 719 g/mol. The van der Waals surface area contributed by atoms with Crippen molar-refractivity contribution in [1.29, 1.82) is 0 Å². The van der Waals surface area contributed by atoms with E-state index in [0.717, 1.165) is 17.1 Å². The third-order valence-electron chi connectivity index (χ3n) is 11.5. The minimum Gasteiger partial charge on any atom is -0.310 e. The lowest BCUT2D eigenvalue weighted by Crippen LogP contribution is -2.11. The Kier molecular flexibility index (Phi) is 8.42. The second-order valence-corrected chi connectivity index (χ2v) is 16.0. The van der Waals surface area contributed by atoms with Gasteiger partial charge in [-0.05, 0) is 121 Å². The molecule has 0 saturated carbocycles. The molecule has 0 aliphatic carbocycles. The molecule has 1 aromatic heterocycles. The Morgan fingerprint density at radius 3 is 1.52 bits per heavy atom. The van der Waals surface area contributed by atoms with Crippen molar-refractivity contribution in [2.24, 2.45) is 0 Å². The van der Waals surface area contributed by atoms with Crippen LogP contribution >= 0.6 is 11.3 Å². The highest BCUT2D eigenvalue weighted by molar-refractivity contribution is 7.25. The summed E-state index contributed by atoms with van der Waals surface area (Å²) in [6.07, 6.45) is 0. The van der Waals surface area contributed by atoms with E-state index in [2.05, 4.69) is 229 Å². The first-order valence-corrected chi connectivity index (χ1v) is 20.6. The van der Waals surface area contributed by atoms with Gasteiger partial charge in [-0.25, -0.2) is 0 Å². The van der Waals surface area contributed by atoms with Crippen LogP contribution < -0.4 is 4.90 Å². The summed E-state index contributed by atoms with van der Waals surface area (Å²) < 4.78 is 2.65. The fraction of sp³-hybridized carbons (Fsp3) is 0. The predicted molar refractivity (Wildman–Crippen MR) is 251 cm³/mol. The molecule has 0 aliphatic heterocycles. The van der Waals surface area contributed by atoms with Gasteiger partial charge in [-0.2, -0.15) is 0 Å². The Bertz CT molecular complexity index is 3250. The maximum absolute atomic E-state index is 2.41. The van der Waals surface area contributed by atoms with Crippen molar-refractivity contribution < 1.29 is 0 Å². The van der Waals surface area contributed by atoms with Crippen LogP contribution in [-0.4, -0.2) is 0 Å². The number of hydrogen-bond acceptors (Lipinski definition) is 2. The average molecular weight is 756 g/mol. The van der Waals surface area contributed by atoms with Gasteiger partial charge >= 0.3 is 0 Å². The van der Waals surface area contributed by atoms with Gasteiger partial charge in [-0.15, -0.1) is 11.3 Å². The van der Waals surface area contributed by atoms with Gasteiger partial charge in [0.05, 0.1) is 5.69 Å². The second-order valence-electron chi connectivity index (χ2n) is 14.9. The van der Waals surface area contributed by atoms with Gasteiger partial charge in [0, 0.05) is 37.1 Å². The number of anilines is 3. The molecule has 0 N–H and O–H groups in total. The zero-order chi connectivity index (χ0) is 38.4. The maximum atomic E-state index is 2.41. The van der Waals surface area contributed by atoms with Crippen LogP contribution in [0.2, 0.25) is 0 Å². The van der Waals surface area contributed by atoms with Gasteiger partial charge in [0.2, 0.25) is 0 Å². The van der Waals surface area contributed by atoms with Crippen LogP contribution in [0, 0.1) is 0 Å². The standard InChI is InChI=1S/C56H37NS/c1-3-11-38(12-4-1)44-26-33-54(52(36-44)41-13-5-2-6-14-41)57(48-30-23-40(24-31-48)45-27-34-56-53(37-45)51-17-9-10-18-55(51)58-56)47-28-21-39(22-29-47)43-25-32-50-46(35-43)20-19-42-15-7-8-16-49(42)50/h1-37H. The number of rotatable bonds is 7. The molecular formula is C56H37NS. The molecule has 0 saturated heterocycles. The van der Waals surface area contributed by atoms with Crippen LogP contribution in [0.25, 0.3) is 86.2 Å². The summed E-state index contributed by atoms with van der Waals surface area (Å²) in [7, 11) is 0. The molecule has 11 aromatic rings. The number of fused-ring (bicyclic) bond motifs is 6. The minimum atomic E-state index is 1.10. The second kappa shape index (κ2) is 14.4. The summed E-state index contributed by atoms with van der Waals surface area (Å²) in [5.74, 6) is 0. The molecule has 1 heterocycles. The zero-order valence-electron chi connectivity index (χ0n) is 31.7. The van der Waals surface area contributed by atoms with Crippen molar-refractivity contribution in [3.05, 3.63) is 224 Å². The van der Waals surface area contributed by atoms with Gasteiger partial charge in [0.1, 0.15) is 0 Å². The summed E-state index contributed by atoms with van der Waals surface area (Å²) >= 11 is 1.86.